The van der Waals surface area contributed by atoms with Gasteiger partial charge in [0.25, 0.3) is 0 Å². The van der Waals surface area contributed by atoms with Crippen molar-refractivity contribution in [1.29, 1.82) is 0 Å². The number of phenols is 1. The molecule has 0 spiro atoms. The number of para-hydroxylation sites is 1. The lowest BCUT2D eigenvalue weighted by atomic mass is 9.51. The van der Waals surface area contributed by atoms with Gasteiger partial charge < -0.3 is 9.84 Å². The molecule has 11 heteroatoms. The summed E-state index contributed by atoms with van der Waals surface area (Å²) in [5.74, 6) is -6.04. The first kappa shape index (κ1) is 29.9. The Kier molecular flexibility index (Phi) is 7.08. The van der Waals surface area contributed by atoms with Gasteiger partial charge in [-0.1, -0.05) is 35.4 Å². The third kappa shape index (κ3) is 4.21. The van der Waals surface area contributed by atoms with Crippen molar-refractivity contribution < 1.29 is 33.4 Å². The molecule has 230 valence electrons. The number of rotatable bonds is 4. The molecule has 1 N–H and O–H groups in total. The second-order valence-electron chi connectivity index (χ2n) is 12.1. The molecule has 2 heterocycles. The highest BCUT2D eigenvalue weighted by Gasteiger charge is 2.68. The van der Waals surface area contributed by atoms with Crippen LogP contribution in [0.15, 0.2) is 72.3 Å². The van der Waals surface area contributed by atoms with Gasteiger partial charge in [0.15, 0.2) is 11.5 Å². The van der Waals surface area contributed by atoms with Gasteiger partial charge in [-0.3, -0.25) is 24.1 Å². The molecule has 0 aromatic heterocycles. The summed E-state index contributed by atoms with van der Waals surface area (Å²) in [5.41, 5.74) is 0.327. The minimum atomic E-state index is -1.39. The molecule has 8 nitrogen and oxygen atoms in total. The number of anilines is 2. The molecule has 0 radical (unpaired) electrons. The maximum Gasteiger partial charge on any atom is 0.241 e. The first-order valence-electron chi connectivity index (χ1n) is 14.5. The quantitative estimate of drug-likeness (QED) is 0.193. The number of carbonyl (C=O) groups excluding carboxylic acids is 4. The van der Waals surface area contributed by atoms with Gasteiger partial charge in [0.05, 0.1) is 46.7 Å². The molecule has 4 aliphatic rings. The highest BCUT2D eigenvalue weighted by Crippen LogP contribution is 2.65. The molecule has 2 saturated heterocycles. The Hall–Kier alpha value is -3.77. The van der Waals surface area contributed by atoms with E-state index in [2.05, 4.69) is 22.6 Å². The summed E-state index contributed by atoms with van der Waals surface area (Å²) in [6, 6.07) is 15.8. The zero-order chi connectivity index (χ0) is 31.9. The van der Waals surface area contributed by atoms with Crippen LogP contribution >= 0.6 is 34.2 Å². The Bertz CT molecular complexity index is 1850. The molecular weight excluding hydrogens is 714 g/mol. The number of fused-ring (bicyclic) bond motifs is 4. The van der Waals surface area contributed by atoms with Crippen molar-refractivity contribution in [1.82, 2.24) is 0 Å². The predicted octanol–water partition coefficient (Wildman–Crippen LogP) is 6.23. The van der Waals surface area contributed by atoms with Crippen molar-refractivity contribution in [3.05, 3.63) is 92.3 Å². The van der Waals surface area contributed by atoms with Crippen LogP contribution in [0.4, 0.5) is 15.8 Å². The second-order valence-corrected chi connectivity index (χ2v) is 13.8. The molecule has 4 amide bonds. The van der Waals surface area contributed by atoms with Gasteiger partial charge in [-0.2, -0.15) is 0 Å². The number of amides is 4. The van der Waals surface area contributed by atoms with Crippen molar-refractivity contribution in [3.63, 3.8) is 0 Å². The van der Waals surface area contributed by atoms with E-state index in [4.69, 9.17) is 16.3 Å². The van der Waals surface area contributed by atoms with Crippen LogP contribution in [0.3, 0.4) is 0 Å². The van der Waals surface area contributed by atoms with Gasteiger partial charge in [0.2, 0.25) is 23.6 Å². The molecule has 1 saturated carbocycles. The number of methoxy groups -OCH3 is 1. The largest absolute Gasteiger partial charge is 0.504 e. The Morgan fingerprint density at radius 3 is 2.36 bits per heavy atom. The van der Waals surface area contributed by atoms with Crippen LogP contribution in [0, 0.1) is 38.5 Å². The van der Waals surface area contributed by atoms with Gasteiger partial charge in [0, 0.05) is 15.1 Å². The number of phenolic OH excluding ortho intramolecular Hbond substituents is 1. The number of hydrogen-bond donors (Lipinski definition) is 1. The van der Waals surface area contributed by atoms with Gasteiger partial charge in [0.1, 0.15) is 5.82 Å². The van der Waals surface area contributed by atoms with E-state index in [-0.39, 0.29) is 46.9 Å². The van der Waals surface area contributed by atoms with Crippen LogP contribution in [0.5, 0.6) is 11.5 Å². The van der Waals surface area contributed by atoms with Gasteiger partial charge in [-0.15, -0.1) is 0 Å². The first-order chi connectivity index (χ1) is 21.5. The Balaban J connectivity index is 1.39. The predicted molar refractivity (Wildman–Crippen MR) is 172 cm³/mol. The number of allylic oxidation sites excluding steroid dienone is 2. The number of halogens is 3. The summed E-state index contributed by atoms with van der Waals surface area (Å²) < 4.78 is 20.4. The molecule has 45 heavy (non-hydrogen) atoms. The normalized spacial score (nSPS) is 29.0. The summed E-state index contributed by atoms with van der Waals surface area (Å²) >= 11 is 8.22. The maximum absolute atomic E-state index is 14.5. The monoisotopic (exact) mass is 740 g/mol. The summed E-state index contributed by atoms with van der Waals surface area (Å²) in [7, 11) is 1.42. The molecular formula is C34H27ClFIN2O6. The number of aromatic hydroxyl groups is 1. The van der Waals surface area contributed by atoms with Crippen molar-refractivity contribution in [2.75, 3.05) is 16.9 Å². The molecule has 7 rings (SSSR count). The second kappa shape index (κ2) is 10.7. The van der Waals surface area contributed by atoms with Crippen LogP contribution in [0.2, 0.25) is 5.02 Å². The molecule has 3 aromatic rings. The Morgan fingerprint density at radius 2 is 1.67 bits per heavy atom. The van der Waals surface area contributed by atoms with E-state index < -0.39 is 52.6 Å². The van der Waals surface area contributed by atoms with Gasteiger partial charge >= 0.3 is 0 Å². The summed E-state index contributed by atoms with van der Waals surface area (Å²) in [6.07, 6.45) is 2.32. The fourth-order valence-corrected chi connectivity index (χ4v) is 8.55. The van der Waals surface area contributed by atoms with Crippen LogP contribution in [-0.4, -0.2) is 35.8 Å². The van der Waals surface area contributed by atoms with E-state index in [1.165, 1.54) is 24.1 Å². The van der Waals surface area contributed by atoms with Gasteiger partial charge in [-0.05, 0) is 96.8 Å². The maximum atomic E-state index is 14.5. The standard InChI is InChI=1S/C34H27ClFIN2O6/c1-34-23(31(42)39(33(34)44)18-10-13-25(36)24(35)14-18)15-22-19(28(34)21-4-3-5-26(45-2)29(21)40)11-12-20-27(22)32(43)38(30(20)41)17-8-6-16(37)7-9-17/h3-11,13-14,20,22-23,27-28,40H,12,15H2,1-2H3. The highest BCUT2D eigenvalue weighted by atomic mass is 127. The number of benzene rings is 3. The lowest BCUT2D eigenvalue weighted by molar-refractivity contribution is -0.131. The van der Waals surface area contributed by atoms with E-state index >= 15 is 0 Å². The SMILES string of the molecule is COc1cccc(C2C3=CCC4C(=O)N(c5ccc(I)cc5)C(=O)C4C3CC3C(=O)N(c4ccc(F)c(Cl)c4)C(=O)C32C)c1O. The third-order valence-electron chi connectivity index (χ3n) is 10.1. The van der Waals surface area contributed by atoms with E-state index in [9.17, 15) is 28.7 Å². The molecule has 2 aliphatic heterocycles. The Morgan fingerprint density at radius 1 is 0.956 bits per heavy atom. The summed E-state index contributed by atoms with van der Waals surface area (Å²) in [6.45, 7) is 1.70. The summed E-state index contributed by atoms with van der Waals surface area (Å²) in [5, 5.41) is 11.2. The zero-order valence-electron chi connectivity index (χ0n) is 24.2. The molecule has 6 atom stereocenters. The van der Waals surface area contributed by atoms with Crippen molar-refractivity contribution in [2.45, 2.75) is 25.7 Å². The number of hydrogen-bond acceptors (Lipinski definition) is 6. The van der Waals surface area contributed by atoms with Gasteiger partial charge in [-0.25, -0.2) is 9.29 Å². The average molecular weight is 741 g/mol. The average Bonchev–Trinajstić information content (AvgIpc) is 3.39. The minimum Gasteiger partial charge on any atom is -0.504 e. The van der Waals surface area contributed by atoms with Crippen LogP contribution in [-0.2, 0) is 19.2 Å². The fourth-order valence-electron chi connectivity index (χ4n) is 8.01. The fraction of sp³-hybridized carbons (Fsp3) is 0.294. The number of carbonyl (C=O) groups is 4. The zero-order valence-corrected chi connectivity index (χ0v) is 27.1. The molecule has 3 aromatic carbocycles. The lowest BCUT2D eigenvalue weighted by Gasteiger charge is -2.49. The summed E-state index contributed by atoms with van der Waals surface area (Å²) in [4.78, 5) is 59.0. The molecule has 6 unspecified atom stereocenters. The lowest BCUT2D eigenvalue weighted by Crippen LogP contribution is -2.48. The van der Waals surface area contributed by atoms with Crippen LogP contribution in [0.25, 0.3) is 0 Å². The van der Waals surface area contributed by atoms with Crippen molar-refractivity contribution in [3.8, 4) is 11.5 Å². The van der Waals surface area contributed by atoms with Crippen LogP contribution < -0.4 is 14.5 Å². The highest BCUT2D eigenvalue weighted by molar-refractivity contribution is 14.1. The third-order valence-corrected chi connectivity index (χ3v) is 11.1. The molecule has 2 aliphatic carbocycles. The van der Waals surface area contributed by atoms with E-state index in [0.717, 1.165) is 20.1 Å². The minimum absolute atomic E-state index is 0.132. The number of nitrogens with zero attached hydrogens (tertiary/aromatic N) is 2. The van der Waals surface area contributed by atoms with E-state index in [1.807, 2.05) is 18.2 Å². The van der Waals surface area contributed by atoms with Crippen molar-refractivity contribution in [2.24, 2.45) is 29.1 Å². The first-order valence-corrected chi connectivity index (χ1v) is 16.0. The number of imide groups is 2. The number of ether oxygens (including phenoxy) is 1. The Labute approximate surface area is 276 Å². The molecule has 3 fully saturated rings. The topological polar surface area (TPSA) is 104 Å². The smallest absolute Gasteiger partial charge is 0.241 e. The molecule has 0 bridgehead atoms. The van der Waals surface area contributed by atoms with Crippen molar-refractivity contribution >= 4 is 69.2 Å². The van der Waals surface area contributed by atoms with E-state index in [1.54, 1.807) is 37.3 Å². The van der Waals surface area contributed by atoms with Crippen LogP contribution in [0.1, 0.15) is 31.2 Å². The van der Waals surface area contributed by atoms with E-state index in [0.29, 0.717) is 11.3 Å².